The van der Waals surface area contributed by atoms with Gasteiger partial charge in [-0.3, -0.25) is 0 Å². The van der Waals surface area contributed by atoms with Crippen LogP contribution >= 0.6 is 15.9 Å². The highest BCUT2D eigenvalue weighted by Gasteiger charge is 2.30. The van der Waals surface area contributed by atoms with Gasteiger partial charge in [0.05, 0.1) is 12.0 Å². The number of methoxy groups -OCH3 is 1. The van der Waals surface area contributed by atoms with Gasteiger partial charge in [-0.05, 0) is 52.7 Å². The van der Waals surface area contributed by atoms with Crippen molar-refractivity contribution in [2.75, 3.05) is 7.11 Å². The molecule has 0 fully saturated rings. The Labute approximate surface area is 161 Å². The predicted molar refractivity (Wildman–Crippen MR) is 95.6 cm³/mol. The summed E-state index contributed by atoms with van der Waals surface area (Å²) in [6.07, 6.45) is 0. The second kappa shape index (κ2) is 7.01. The molecule has 5 nitrogen and oxygen atoms in total. The molecule has 3 rings (SSSR count). The van der Waals surface area contributed by atoms with Crippen LogP contribution in [0.5, 0.6) is 6.01 Å². The van der Waals surface area contributed by atoms with Gasteiger partial charge in [-0.25, -0.2) is 21.6 Å². The lowest BCUT2D eigenvalue weighted by Gasteiger charge is -2.13. The van der Waals surface area contributed by atoms with Gasteiger partial charge in [0.1, 0.15) is 10.3 Å². The van der Waals surface area contributed by atoms with Crippen LogP contribution in [0.25, 0.3) is 11.3 Å². The Morgan fingerprint density at radius 2 is 1.74 bits per heavy atom. The molecule has 1 heterocycles. The third-order valence-corrected chi connectivity index (χ3v) is 5.96. The van der Waals surface area contributed by atoms with Gasteiger partial charge in [0, 0.05) is 5.56 Å². The second-order valence-electron chi connectivity index (χ2n) is 5.58. The molecule has 0 aliphatic rings. The van der Waals surface area contributed by atoms with Gasteiger partial charge in [0.2, 0.25) is 0 Å². The summed E-state index contributed by atoms with van der Waals surface area (Å²) in [5, 5.41) is 0. The molecule has 10 heteroatoms. The first kappa shape index (κ1) is 19.4. The Balaban J connectivity index is 2.35. The maximum absolute atomic E-state index is 13.7. The molecule has 2 aromatic carbocycles. The van der Waals surface area contributed by atoms with E-state index < -0.39 is 27.5 Å². The molecule has 0 radical (unpaired) electrons. The Morgan fingerprint density at radius 1 is 1.11 bits per heavy atom. The van der Waals surface area contributed by atoms with Crippen LogP contribution in [0.1, 0.15) is 5.56 Å². The van der Waals surface area contributed by atoms with E-state index in [1.165, 1.54) is 19.2 Å². The number of hydrogen-bond donors (Lipinski definition) is 0. The molecule has 0 amide bonds. The highest BCUT2D eigenvalue weighted by Crippen LogP contribution is 2.36. The lowest BCUT2D eigenvalue weighted by atomic mass is 10.1. The molecule has 0 bridgehead atoms. The molecule has 1 aromatic heterocycles. The van der Waals surface area contributed by atoms with Crippen LogP contribution in [0.3, 0.4) is 0 Å². The summed E-state index contributed by atoms with van der Waals surface area (Å²) in [5.74, 6) is -4.58. The van der Waals surface area contributed by atoms with E-state index in [0.717, 1.165) is 0 Å². The van der Waals surface area contributed by atoms with Crippen molar-refractivity contribution < 1.29 is 26.3 Å². The van der Waals surface area contributed by atoms with Crippen molar-refractivity contribution in [3.05, 3.63) is 64.0 Å². The number of imidazole rings is 1. The zero-order chi connectivity index (χ0) is 19.9. The first-order valence-corrected chi connectivity index (χ1v) is 9.69. The summed E-state index contributed by atoms with van der Waals surface area (Å²) in [7, 11) is -3.04. The SMILES string of the molecule is COc1nc(Br)c(-c2cc(F)c(F)c(F)c2)n1S(=O)(=O)c1cccc(C)c1. The van der Waals surface area contributed by atoms with E-state index in [1.54, 1.807) is 19.1 Å². The Kier molecular flexibility index (Phi) is 5.04. The van der Waals surface area contributed by atoms with Crippen molar-refractivity contribution in [1.29, 1.82) is 0 Å². The van der Waals surface area contributed by atoms with Crippen molar-refractivity contribution in [2.45, 2.75) is 11.8 Å². The molecule has 0 atom stereocenters. The van der Waals surface area contributed by atoms with Crippen LogP contribution in [0.4, 0.5) is 13.2 Å². The largest absolute Gasteiger partial charge is 0.467 e. The quantitative estimate of drug-likeness (QED) is 0.545. The summed E-state index contributed by atoms with van der Waals surface area (Å²) in [4.78, 5) is 3.87. The zero-order valence-electron chi connectivity index (χ0n) is 14.0. The normalized spacial score (nSPS) is 11.6. The number of halogens is 4. The lowest BCUT2D eigenvalue weighted by molar-refractivity contribution is 0.377. The third-order valence-electron chi connectivity index (χ3n) is 3.73. The van der Waals surface area contributed by atoms with Crippen LogP contribution < -0.4 is 4.74 Å². The molecular weight excluding hydrogens is 449 g/mol. The van der Waals surface area contributed by atoms with E-state index in [-0.39, 0.29) is 26.8 Å². The van der Waals surface area contributed by atoms with Gasteiger partial charge in [-0.15, -0.1) is 0 Å². The van der Waals surface area contributed by atoms with Gasteiger partial charge < -0.3 is 4.74 Å². The zero-order valence-corrected chi connectivity index (χ0v) is 16.4. The summed E-state index contributed by atoms with van der Waals surface area (Å²) in [6.45, 7) is 1.71. The molecule has 0 N–H and O–H groups in total. The Morgan fingerprint density at radius 3 is 2.30 bits per heavy atom. The van der Waals surface area contributed by atoms with Crippen LogP contribution in [0.15, 0.2) is 45.9 Å². The van der Waals surface area contributed by atoms with Crippen molar-refractivity contribution in [1.82, 2.24) is 8.96 Å². The summed E-state index contributed by atoms with van der Waals surface area (Å²) in [5.41, 5.74) is 0.256. The Hall–Kier alpha value is -2.33. The minimum absolute atomic E-state index is 0.0408. The second-order valence-corrected chi connectivity index (χ2v) is 8.12. The van der Waals surface area contributed by atoms with Crippen LogP contribution in [-0.4, -0.2) is 24.5 Å². The standard InChI is InChI=1S/C17H12BrF3N2O3S/c1-9-4-3-5-11(6-9)27(24,25)23-15(16(18)22-17(23)26-2)10-7-12(19)14(21)13(20)8-10/h3-8H,1-2H3. The van der Waals surface area contributed by atoms with E-state index in [1.807, 2.05) is 0 Å². The summed E-state index contributed by atoms with van der Waals surface area (Å²) < 4.78 is 72.8. The molecule has 27 heavy (non-hydrogen) atoms. The van der Waals surface area contributed by atoms with Gasteiger partial charge in [-0.1, -0.05) is 12.1 Å². The highest BCUT2D eigenvalue weighted by atomic mass is 79.9. The number of hydrogen-bond acceptors (Lipinski definition) is 4. The van der Waals surface area contributed by atoms with Crippen molar-refractivity contribution in [3.8, 4) is 17.3 Å². The fourth-order valence-corrected chi connectivity index (χ4v) is 4.75. The first-order chi connectivity index (χ1) is 12.7. The molecular formula is C17H12BrF3N2O3S. The average Bonchev–Trinajstić information content (AvgIpc) is 2.96. The molecule has 0 aliphatic carbocycles. The number of aryl methyl sites for hydroxylation is 1. The maximum Gasteiger partial charge on any atom is 0.312 e. The topological polar surface area (TPSA) is 61.2 Å². The number of ether oxygens (including phenoxy) is 1. The predicted octanol–water partition coefficient (Wildman–Crippen LogP) is 4.28. The average molecular weight is 461 g/mol. The summed E-state index contributed by atoms with van der Waals surface area (Å²) in [6, 6.07) is 7.10. The number of rotatable bonds is 4. The minimum atomic E-state index is -4.24. The monoisotopic (exact) mass is 460 g/mol. The van der Waals surface area contributed by atoms with Gasteiger partial charge in [0.25, 0.3) is 10.0 Å². The lowest BCUT2D eigenvalue weighted by Crippen LogP contribution is -2.16. The first-order valence-electron chi connectivity index (χ1n) is 7.46. The molecule has 0 saturated heterocycles. The summed E-state index contributed by atoms with van der Waals surface area (Å²) >= 11 is 3.08. The van der Waals surface area contributed by atoms with E-state index in [2.05, 4.69) is 20.9 Å². The maximum atomic E-state index is 13.7. The van der Waals surface area contributed by atoms with E-state index in [9.17, 15) is 21.6 Å². The molecule has 0 saturated carbocycles. The van der Waals surface area contributed by atoms with E-state index in [0.29, 0.717) is 21.7 Å². The van der Waals surface area contributed by atoms with Gasteiger partial charge in [-0.2, -0.15) is 8.96 Å². The molecule has 0 aliphatic heterocycles. The smallest absolute Gasteiger partial charge is 0.312 e. The fraction of sp³-hybridized carbons (Fsp3) is 0.118. The number of nitrogens with zero attached hydrogens (tertiary/aromatic N) is 2. The van der Waals surface area contributed by atoms with Crippen LogP contribution in [-0.2, 0) is 10.0 Å². The highest BCUT2D eigenvalue weighted by molar-refractivity contribution is 9.10. The van der Waals surface area contributed by atoms with E-state index >= 15 is 0 Å². The van der Waals surface area contributed by atoms with Crippen LogP contribution in [0, 0.1) is 24.4 Å². The molecule has 0 spiro atoms. The van der Waals surface area contributed by atoms with Crippen LogP contribution in [0.2, 0.25) is 0 Å². The van der Waals surface area contributed by atoms with Crippen molar-refractivity contribution >= 4 is 26.0 Å². The molecule has 142 valence electrons. The Bertz CT molecular complexity index is 1120. The van der Waals surface area contributed by atoms with Gasteiger partial charge >= 0.3 is 6.01 Å². The number of benzene rings is 2. The minimum Gasteiger partial charge on any atom is -0.467 e. The van der Waals surface area contributed by atoms with E-state index in [4.69, 9.17) is 4.74 Å². The molecule has 0 unspecified atom stereocenters. The van der Waals surface area contributed by atoms with Gasteiger partial charge in [0.15, 0.2) is 17.5 Å². The van der Waals surface area contributed by atoms with Crippen molar-refractivity contribution in [3.63, 3.8) is 0 Å². The van der Waals surface area contributed by atoms with Crippen molar-refractivity contribution in [2.24, 2.45) is 0 Å². The number of aromatic nitrogens is 2. The molecule has 3 aromatic rings. The third kappa shape index (κ3) is 3.34. The fourth-order valence-electron chi connectivity index (χ4n) is 2.52.